The molecule has 3 aromatic rings. The van der Waals surface area contributed by atoms with Crippen molar-refractivity contribution in [3.63, 3.8) is 0 Å². The van der Waals surface area contributed by atoms with Crippen LogP contribution < -0.4 is 11.1 Å². The SMILES string of the molecule is Cn1c(=O)oc2cc(Nc3cc(Br)ccc3[N+](=O)[O-])ccc21. The number of nitrogens with one attached hydrogen (secondary N) is 1. The van der Waals surface area contributed by atoms with E-state index in [9.17, 15) is 14.9 Å². The Balaban J connectivity index is 2.05. The highest BCUT2D eigenvalue weighted by Gasteiger charge is 2.15. The van der Waals surface area contributed by atoms with Crippen LogP contribution in [0.2, 0.25) is 0 Å². The van der Waals surface area contributed by atoms with Crippen molar-refractivity contribution in [2.75, 3.05) is 5.32 Å². The molecule has 0 aliphatic carbocycles. The minimum atomic E-state index is -0.462. The second-order valence-electron chi connectivity index (χ2n) is 4.65. The number of halogens is 1. The minimum Gasteiger partial charge on any atom is -0.408 e. The van der Waals surface area contributed by atoms with E-state index in [1.165, 1.54) is 10.6 Å². The van der Waals surface area contributed by atoms with Crippen molar-refractivity contribution >= 4 is 44.1 Å². The lowest BCUT2D eigenvalue weighted by molar-refractivity contribution is -0.383. The van der Waals surface area contributed by atoms with E-state index in [1.54, 1.807) is 37.4 Å². The van der Waals surface area contributed by atoms with Crippen molar-refractivity contribution in [1.29, 1.82) is 0 Å². The monoisotopic (exact) mass is 363 g/mol. The Kier molecular flexibility index (Phi) is 3.45. The van der Waals surface area contributed by atoms with Crippen molar-refractivity contribution < 1.29 is 9.34 Å². The Morgan fingerprint density at radius 1 is 1.27 bits per heavy atom. The van der Waals surface area contributed by atoms with Crippen LogP contribution in [0.15, 0.2) is 50.1 Å². The van der Waals surface area contributed by atoms with E-state index >= 15 is 0 Å². The minimum absolute atomic E-state index is 0.0437. The highest BCUT2D eigenvalue weighted by Crippen LogP contribution is 2.31. The molecule has 0 aliphatic heterocycles. The van der Waals surface area contributed by atoms with Gasteiger partial charge in [0.2, 0.25) is 0 Å². The number of nitrogens with zero attached hydrogens (tertiary/aromatic N) is 2. The number of hydrogen-bond donors (Lipinski definition) is 1. The first-order valence-corrected chi connectivity index (χ1v) is 7.05. The van der Waals surface area contributed by atoms with Crippen LogP contribution in [0, 0.1) is 10.1 Å². The summed E-state index contributed by atoms with van der Waals surface area (Å²) in [4.78, 5) is 22.1. The number of anilines is 2. The predicted octanol–water partition coefficient (Wildman–Crippen LogP) is 3.55. The van der Waals surface area contributed by atoms with Gasteiger partial charge in [0.25, 0.3) is 5.69 Å². The molecule has 0 radical (unpaired) electrons. The summed E-state index contributed by atoms with van der Waals surface area (Å²) in [6.07, 6.45) is 0. The molecule has 22 heavy (non-hydrogen) atoms. The fourth-order valence-electron chi connectivity index (χ4n) is 2.13. The van der Waals surface area contributed by atoms with Crippen LogP contribution >= 0.6 is 15.9 Å². The fraction of sp³-hybridized carbons (Fsp3) is 0.0714. The predicted molar refractivity (Wildman–Crippen MR) is 85.5 cm³/mol. The van der Waals surface area contributed by atoms with Gasteiger partial charge in [-0.15, -0.1) is 0 Å². The van der Waals surface area contributed by atoms with Crippen molar-refractivity contribution in [3.8, 4) is 0 Å². The third kappa shape index (κ3) is 2.48. The Hall–Kier alpha value is -2.61. The van der Waals surface area contributed by atoms with Crippen LogP contribution in [0.4, 0.5) is 17.1 Å². The molecule has 0 unspecified atom stereocenters. The Bertz CT molecular complexity index is 945. The van der Waals surface area contributed by atoms with Gasteiger partial charge in [-0.2, -0.15) is 0 Å². The maximum Gasteiger partial charge on any atom is 0.419 e. The Morgan fingerprint density at radius 2 is 2.05 bits per heavy atom. The van der Waals surface area contributed by atoms with Crippen LogP contribution in [-0.2, 0) is 7.05 Å². The van der Waals surface area contributed by atoms with Gasteiger partial charge in [0.15, 0.2) is 5.58 Å². The van der Waals surface area contributed by atoms with Crippen LogP contribution in [0.1, 0.15) is 0 Å². The number of rotatable bonds is 3. The molecule has 0 bridgehead atoms. The molecule has 0 spiro atoms. The molecule has 8 heteroatoms. The number of fused-ring (bicyclic) bond motifs is 1. The molecular formula is C14H10BrN3O4. The maximum atomic E-state index is 11.5. The number of benzene rings is 2. The van der Waals surface area contributed by atoms with E-state index < -0.39 is 10.7 Å². The second kappa shape index (κ2) is 5.30. The number of nitro groups is 1. The molecule has 1 heterocycles. The molecule has 0 saturated carbocycles. The first-order chi connectivity index (χ1) is 10.5. The van der Waals surface area contributed by atoms with E-state index in [1.807, 2.05) is 0 Å². The average Bonchev–Trinajstić information content (AvgIpc) is 2.73. The topological polar surface area (TPSA) is 90.3 Å². The van der Waals surface area contributed by atoms with Crippen LogP contribution in [-0.4, -0.2) is 9.49 Å². The molecule has 3 rings (SSSR count). The van der Waals surface area contributed by atoms with Gasteiger partial charge in [0.05, 0.1) is 10.4 Å². The Labute approximate surface area is 132 Å². The molecule has 0 amide bonds. The summed E-state index contributed by atoms with van der Waals surface area (Å²) in [7, 11) is 1.61. The molecule has 0 atom stereocenters. The second-order valence-corrected chi connectivity index (χ2v) is 5.57. The molecule has 0 aliphatic rings. The lowest BCUT2D eigenvalue weighted by atomic mass is 10.2. The number of aromatic nitrogens is 1. The third-order valence-corrected chi connectivity index (χ3v) is 3.72. The van der Waals surface area contributed by atoms with E-state index in [0.29, 0.717) is 26.9 Å². The van der Waals surface area contributed by atoms with Crippen molar-refractivity contribution in [2.45, 2.75) is 0 Å². The van der Waals surface area contributed by atoms with Gasteiger partial charge in [-0.25, -0.2) is 4.79 Å². The lowest BCUT2D eigenvalue weighted by Gasteiger charge is -2.07. The molecule has 0 fully saturated rings. The van der Waals surface area contributed by atoms with Gasteiger partial charge in [-0.3, -0.25) is 14.7 Å². The largest absolute Gasteiger partial charge is 0.419 e. The third-order valence-electron chi connectivity index (χ3n) is 3.23. The van der Waals surface area contributed by atoms with E-state index in [-0.39, 0.29) is 5.69 Å². The van der Waals surface area contributed by atoms with Gasteiger partial charge >= 0.3 is 5.76 Å². The molecule has 112 valence electrons. The molecular weight excluding hydrogens is 354 g/mol. The highest BCUT2D eigenvalue weighted by molar-refractivity contribution is 9.10. The quantitative estimate of drug-likeness (QED) is 0.567. The molecule has 2 aromatic carbocycles. The zero-order valence-electron chi connectivity index (χ0n) is 11.4. The Morgan fingerprint density at radius 3 is 2.77 bits per heavy atom. The van der Waals surface area contributed by atoms with Gasteiger partial charge in [0.1, 0.15) is 5.69 Å². The normalized spacial score (nSPS) is 10.8. The van der Waals surface area contributed by atoms with E-state index in [4.69, 9.17) is 4.42 Å². The summed E-state index contributed by atoms with van der Waals surface area (Å²) in [6, 6.07) is 9.69. The summed E-state index contributed by atoms with van der Waals surface area (Å²) in [5.74, 6) is -0.458. The standard InChI is InChI=1S/C14H10BrN3O4/c1-17-12-5-3-9(7-13(12)22-14(17)19)16-10-6-8(15)2-4-11(10)18(20)21/h2-7,16H,1H3. The molecule has 1 aromatic heterocycles. The average molecular weight is 364 g/mol. The van der Waals surface area contributed by atoms with Gasteiger partial charge < -0.3 is 9.73 Å². The fourth-order valence-corrected chi connectivity index (χ4v) is 2.50. The highest BCUT2D eigenvalue weighted by atomic mass is 79.9. The van der Waals surface area contributed by atoms with Crippen LogP contribution in [0.25, 0.3) is 11.1 Å². The molecule has 7 nitrogen and oxygen atoms in total. The summed E-state index contributed by atoms with van der Waals surface area (Å²) in [5.41, 5.74) is 1.95. The number of oxazole rings is 1. The summed E-state index contributed by atoms with van der Waals surface area (Å²) in [6.45, 7) is 0. The lowest BCUT2D eigenvalue weighted by Crippen LogP contribution is -2.08. The number of hydrogen-bond acceptors (Lipinski definition) is 5. The zero-order chi connectivity index (χ0) is 15.9. The number of aryl methyl sites for hydroxylation is 1. The smallest absolute Gasteiger partial charge is 0.408 e. The van der Waals surface area contributed by atoms with Gasteiger partial charge in [-0.1, -0.05) is 15.9 Å². The summed E-state index contributed by atoms with van der Waals surface area (Å²) >= 11 is 3.29. The summed E-state index contributed by atoms with van der Waals surface area (Å²) < 4.78 is 7.21. The van der Waals surface area contributed by atoms with Crippen LogP contribution in [0.3, 0.4) is 0 Å². The number of nitro benzene ring substituents is 1. The van der Waals surface area contributed by atoms with Gasteiger partial charge in [0, 0.05) is 29.3 Å². The molecule has 0 saturated heterocycles. The van der Waals surface area contributed by atoms with Crippen molar-refractivity contribution in [1.82, 2.24) is 4.57 Å². The molecule has 1 N–H and O–H groups in total. The van der Waals surface area contributed by atoms with E-state index in [2.05, 4.69) is 21.2 Å². The zero-order valence-corrected chi connectivity index (χ0v) is 13.0. The van der Waals surface area contributed by atoms with E-state index in [0.717, 1.165) is 0 Å². The maximum absolute atomic E-state index is 11.5. The summed E-state index contributed by atoms with van der Waals surface area (Å²) in [5, 5.41) is 14.0. The first kappa shape index (κ1) is 14.3. The first-order valence-electron chi connectivity index (χ1n) is 6.26. The van der Waals surface area contributed by atoms with Crippen molar-refractivity contribution in [3.05, 3.63) is 61.5 Å². The van der Waals surface area contributed by atoms with Gasteiger partial charge in [-0.05, 0) is 24.3 Å². The van der Waals surface area contributed by atoms with Crippen molar-refractivity contribution in [2.24, 2.45) is 7.05 Å². The van der Waals surface area contributed by atoms with Crippen LogP contribution in [0.5, 0.6) is 0 Å².